The number of ketones is 1. The number of carbonyl (C=O) groups excluding carboxylic acids is 1. The van der Waals surface area contributed by atoms with Crippen LogP contribution in [0.2, 0.25) is 0 Å². The maximum Gasteiger partial charge on any atom is 0.134 e. The first-order chi connectivity index (χ1) is 7.20. The van der Waals surface area contributed by atoms with Gasteiger partial charge < -0.3 is 4.74 Å². The molecule has 0 aliphatic rings. The van der Waals surface area contributed by atoms with E-state index in [2.05, 4.69) is 0 Å². The third kappa shape index (κ3) is 2.02. The minimum atomic E-state index is 0.200. The van der Waals surface area contributed by atoms with Crippen LogP contribution in [-0.4, -0.2) is 12.9 Å². The van der Waals surface area contributed by atoms with Gasteiger partial charge in [-0.1, -0.05) is 0 Å². The lowest BCUT2D eigenvalue weighted by Crippen LogP contribution is -1.94. The molecule has 2 nitrogen and oxygen atoms in total. The van der Waals surface area contributed by atoms with Crippen LogP contribution in [0.1, 0.15) is 12.5 Å². The van der Waals surface area contributed by atoms with Crippen LogP contribution in [-0.2, 0) is 11.2 Å². The van der Waals surface area contributed by atoms with Crippen molar-refractivity contribution in [2.75, 3.05) is 7.11 Å². The monoisotopic (exact) mass is 220 g/mol. The summed E-state index contributed by atoms with van der Waals surface area (Å²) in [6.45, 7) is 1.62. The molecule has 2 aromatic rings. The summed E-state index contributed by atoms with van der Waals surface area (Å²) in [4.78, 5) is 11.1. The van der Waals surface area contributed by atoms with Crippen molar-refractivity contribution in [2.45, 2.75) is 13.3 Å². The number of hydrogen-bond donors (Lipinski definition) is 0. The van der Waals surface area contributed by atoms with Crippen LogP contribution in [0.5, 0.6) is 5.75 Å². The number of methoxy groups -OCH3 is 1. The van der Waals surface area contributed by atoms with Crippen molar-refractivity contribution in [1.82, 2.24) is 0 Å². The molecule has 0 N–H and O–H groups in total. The zero-order valence-electron chi connectivity index (χ0n) is 8.74. The maximum absolute atomic E-state index is 11.1. The highest BCUT2D eigenvalue weighted by Crippen LogP contribution is 2.29. The second-order valence-electron chi connectivity index (χ2n) is 3.50. The van der Waals surface area contributed by atoms with Crippen LogP contribution in [0, 0.1) is 0 Å². The molecule has 0 aliphatic heterocycles. The average molecular weight is 220 g/mol. The van der Waals surface area contributed by atoms with Crippen molar-refractivity contribution in [3.8, 4) is 5.75 Å². The summed E-state index contributed by atoms with van der Waals surface area (Å²) < 4.78 is 6.32. The quantitative estimate of drug-likeness (QED) is 0.794. The summed E-state index contributed by atoms with van der Waals surface area (Å²) in [7, 11) is 1.66. The van der Waals surface area contributed by atoms with Crippen molar-refractivity contribution in [1.29, 1.82) is 0 Å². The van der Waals surface area contributed by atoms with Crippen LogP contribution in [0.15, 0.2) is 23.6 Å². The summed E-state index contributed by atoms with van der Waals surface area (Å²) >= 11 is 1.65. The molecule has 2 rings (SSSR count). The second-order valence-corrected chi connectivity index (χ2v) is 4.41. The lowest BCUT2D eigenvalue weighted by Gasteiger charge is -1.99. The normalized spacial score (nSPS) is 10.5. The highest BCUT2D eigenvalue weighted by molar-refractivity contribution is 7.17. The predicted octanol–water partition coefficient (Wildman–Crippen LogP) is 3.04. The Balaban J connectivity index is 2.47. The fraction of sp³-hybridized carbons (Fsp3) is 0.250. The third-order valence-corrected chi connectivity index (χ3v) is 3.30. The first-order valence-corrected chi connectivity index (χ1v) is 5.62. The molecule has 0 saturated carbocycles. The lowest BCUT2D eigenvalue weighted by molar-refractivity contribution is -0.116. The standard InChI is InChI=1S/C12H12O2S/c1-8(13)5-9-7-15-12-6-10(14-2)3-4-11(9)12/h3-4,6-7H,5H2,1-2H3. The summed E-state index contributed by atoms with van der Waals surface area (Å²) in [5, 5.41) is 3.21. The molecular formula is C12H12O2S. The van der Waals surface area contributed by atoms with Crippen LogP contribution < -0.4 is 4.74 Å². The zero-order valence-corrected chi connectivity index (χ0v) is 9.56. The highest BCUT2D eigenvalue weighted by atomic mass is 32.1. The van der Waals surface area contributed by atoms with Crippen molar-refractivity contribution in [2.24, 2.45) is 0 Å². The number of thiophene rings is 1. The maximum atomic E-state index is 11.1. The number of ether oxygens (including phenoxy) is 1. The number of carbonyl (C=O) groups is 1. The largest absolute Gasteiger partial charge is 0.497 e. The second kappa shape index (κ2) is 4.03. The molecule has 0 fully saturated rings. The van der Waals surface area contributed by atoms with Gasteiger partial charge in [-0.05, 0) is 41.5 Å². The third-order valence-electron chi connectivity index (χ3n) is 2.30. The molecule has 15 heavy (non-hydrogen) atoms. The van der Waals surface area contributed by atoms with Crippen molar-refractivity contribution in [3.63, 3.8) is 0 Å². The fourth-order valence-corrected chi connectivity index (χ4v) is 2.59. The van der Waals surface area contributed by atoms with E-state index in [9.17, 15) is 4.79 Å². The first kappa shape index (κ1) is 10.2. The molecule has 1 aromatic heterocycles. The molecule has 0 radical (unpaired) electrons. The van der Waals surface area contributed by atoms with E-state index < -0.39 is 0 Å². The molecule has 0 spiro atoms. The van der Waals surface area contributed by atoms with Crippen LogP contribution in [0.25, 0.3) is 10.1 Å². The van der Waals surface area contributed by atoms with Gasteiger partial charge in [-0.15, -0.1) is 11.3 Å². The first-order valence-electron chi connectivity index (χ1n) is 4.74. The molecular weight excluding hydrogens is 208 g/mol. The summed E-state index contributed by atoms with van der Waals surface area (Å²) in [6.07, 6.45) is 0.520. The molecule has 0 aliphatic carbocycles. The van der Waals surface area contributed by atoms with Crippen LogP contribution in [0.3, 0.4) is 0 Å². The number of fused-ring (bicyclic) bond motifs is 1. The van der Waals surface area contributed by atoms with E-state index in [-0.39, 0.29) is 5.78 Å². The Labute approximate surface area is 92.5 Å². The van der Waals surface area contributed by atoms with E-state index in [1.54, 1.807) is 25.4 Å². The molecule has 0 saturated heterocycles. The molecule has 0 unspecified atom stereocenters. The molecule has 78 valence electrons. The Morgan fingerprint density at radius 3 is 2.93 bits per heavy atom. The summed E-state index contributed by atoms with van der Waals surface area (Å²) in [5.74, 6) is 1.06. The van der Waals surface area contributed by atoms with Gasteiger partial charge in [-0.25, -0.2) is 0 Å². The van der Waals surface area contributed by atoms with Crippen LogP contribution in [0.4, 0.5) is 0 Å². The Morgan fingerprint density at radius 1 is 1.47 bits per heavy atom. The minimum Gasteiger partial charge on any atom is -0.497 e. The fourth-order valence-electron chi connectivity index (χ4n) is 1.60. The van der Waals surface area contributed by atoms with E-state index in [0.717, 1.165) is 16.7 Å². The molecule has 1 heterocycles. The average Bonchev–Trinajstić information content (AvgIpc) is 2.60. The van der Waals surface area contributed by atoms with Crippen molar-refractivity contribution >= 4 is 27.2 Å². The van der Waals surface area contributed by atoms with Crippen molar-refractivity contribution in [3.05, 3.63) is 29.1 Å². The SMILES string of the molecule is COc1ccc2c(CC(C)=O)csc2c1. The van der Waals surface area contributed by atoms with Crippen LogP contribution >= 0.6 is 11.3 Å². The topological polar surface area (TPSA) is 26.3 Å². The smallest absolute Gasteiger partial charge is 0.134 e. The lowest BCUT2D eigenvalue weighted by atomic mass is 10.1. The van der Waals surface area contributed by atoms with E-state index in [4.69, 9.17) is 4.74 Å². The Kier molecular flexibility index (Phi) is 2.73. The van der Waals surface area contributed by atoms with Gasteiger partial charge in [0.1, 0.15) is 11.5 Å². The number of hydrogen-bond acceptors (Lipinski definition) is 3. The van der Waals surface area contributed by atoms with E-state index in [0.29, 0.717) is 6.42 Å². The number of rotatable bonds is 3. The van der Waals surface area contributed by atoms with Gasteiger partial charge in [-0.2, -0.15) is 0 Å². The Bertz CT molecular complexity index is 499. The van der Waals surface area contributed by atoms with Gasteiger partial charge in [-0.3, -0.25) is 4.79 Å². The minimum absolute atomic E-state index is 0.200. The molecule has 1 aromatic carbocycles. The number of Topliss-reactive ketones (excluding diaryl/α,β-unsaturated/α-hetero) is 1. The zero-order chi connectivity index (χ0) is 10.8. The van der Waals surface area contributed by atoms with Gasteiger partial charge in [0, 0.05) is 11.1 Å². The van der Waals surface area contributed by atoms with Gasteiger partial charge >= 0.3 is 0 Å². The number of benzene rings is 1. The van der Waals surface area contributed by atoms with Gasteiger partial charge in [0.2, 0.25) is 0 Å². The summed E-state index contributed by atoms with van der Waals surface area (Å²) in [5.41, 5.74) is 1.12. The molecule has 3 heteroatoms. The Morgan fingerprint density at radius 2 is 2.27 bits per heavy atom. The highest BCUT2D eigenvalue weighted by Gasteiger charge is 2.06. The Hall–Kier alpha value is -1.35. The van der Waals surface area contributed by atoms with Crippen molar-refractivity contribution < 1.29 is 9.53 Å². The predicted molar refractivity (Wildman–Crippen MR) is 62.8 cm³/mol. The molecule has 0 atom stereocenters. The van der Waals surface area contributed by atoms with E-state index >= 15 is 0 Å². The molecule has 0 amide bonds. The van der Waals surface area contributed by atoms with Gasteiger partial charge in [0.15, 0.2) is 0 Å². The van der Waals surface area contributed by atoms with Gasteiger partial charge in [0.05, 0.1) is 7.11 Å². The molecule has 0 bridgehead atoms. The van der Waals surface area contributed by atoms with Gasteiger partial charge in [0.25, 0.3) is 0 Å². The van der Waals surface area contributed by atoms with E-state index in [1.165, 1.54) is 4.70 Å². The van der Waals surface area contributed by atoms with E-state index in [1.807, 2.05) is 23.6 Å². The summed E-state index contributed by atoms with van der Waals surface area (Å²) in [6, 6.07) is 5.95.